The Morgan fingerprint density at radius 2 is 1.96 bits per heavy atom. The highest BCUT2D eigenvalue weighted by molar-refractivity contribution is 7.98. The maximum Gasteiger partial charge on any atom is 0.228 e. The van der Waals surface area contributed by atoms with Crippen molar-refractivity contribution in [2.24, 2.45) is 0 Å². The van der Waals surface area contributed by atoms with E-state index in [1.54, 1.807) is 29.4 Å². The first-order valence-electron chi connectivity index (χ1n) is 9.04. The van der Waals surface area contributed by atoms with Crippen LogP contribution in [0, 0.1) is 0 Å². The summed E-state index contributed by atoms with van der Waals surface area (Å²) in [6, 6.07) is 12.2. The average Bonchev–Trinajstić information content (AvgIpc) is 3.47. The number of para-hydroxylation sites is 1. The minimum atomic E-state index is 0.647. The average molecular weight is 398 g/mol. The molecule has 0 amide bonds. The van der Waals surface area contributed by atoms with Crippen LogP contribution >= 0.6 is 23.1 Å². The quantitative estimate of drug-likeness (QED) is 0.449. The number of hydrogen-bond donors (Lipinski definition) is 0. The van der Waals surface area contributed by atoms with Gasteiger partial charge in [-0.2, -0.15) is 0 Å². The van der Waals surface area contributed by atoms with Crippen LogP contribution in [-0.2, 0) is 12.3 Å². The van der Waals surface area contributed by atoms with Crippen LogP contribution in [0.4, 0.5) is 5.95 Å². The number of furan rings is 1. The van der Waals surface area contributed by atoms with Gasteiger partial charge < -0.3 is 9.32 Å². The molecule has 0 radical (unpaired) electrons. The Morgan fingerprint density at radius 3 is 2.78 bits per heavy atom. The van der Waals surface area contributed by atoms with E-state index in [0.717, 1.165) is 46.2 Å². The summed E-state index contributed by atoms with van der Waals surface area (Å²) in [5, 5.41) is 11.0. The zero-order valence-electron chi connectivity index (χ0n) is 14.7. The van der Waals surface area contributed by atoms with Crippen molar-refractivity contribution in [1.29, 1.82) is 0 Å². The predicted octanol–water partition coefficient (Wildman–Crippen LogP) is 4.42. The van der Waals surface area contributed by atoms with E-state index in [1.165, 1.54) is 17.5 Å². The van der Waals surface area contributed by atoms with Crippen LogP contribution < -0.4 is 4.90 Å². The largest absolute Gasteiger partial charge is 0.467 e. The number of rotatable bonds is 6. The van der Waals surface area contributed by atoms with E-state index in [-0.39, 0.29) is 0 Å². The molecule has 5 rings (SSSR count). The minimum absolute atomic E-state index is 0.647. The zero-order chi connectivity index (χ0) is 18.1. The van der Waals surface area contributed by atoms with E-state index in [2.05, 4.69) is 37.9 Å². The molecule has 6 nitrogen and oxygen atoms in total. The first-order chi connectivity index (χ1) is 13.4. The molecule has 1 saturated heterocycles. The lowest BCUT2D eigenvalue weighted by Gasteiger charge is -2.17. The van der Waals surface area contributed by atoms with Crippen LogP contribution in [0.15, 0.2) is 52.2 Å². The molecule has 0 aliphatic carbocycles. The van der Waals surface area contributed by atoms with Gasteiger partial charge in [-0.3, -0.25) is 4.57 Å². The summed E-state index contributed by atoms with van der Waals surface area (Å²) in [4.78, 5) is 7.05. The van der Waals surface area contributed by atoms with Crippen LogP contribution in [0.25, 0.3) is 10.2 Å². The number of thiazole rings is 1. The molecule has 0 N–H and O–H groups in total. The molecule has 0 atom stereocenters. The highest BCUT2D eigenvalue weighted by Gasteiger charge is 2.22. The summed E-state index contributed by atoms with van der Waals surface area (Å²) < 4.78 is 8.96. The molecular weight excluding hydrogens is 378 g/mol. The van der Waals surface area contributed by atoms with Crippen LogP contribution in [-0.4, -0.2) is 32.8 Å². The van der Waals surface area contributed by atoms with Gasteiger partial charge in [0.05, 0.1) is 28.8 Å². The molecule has 8 heteroatoms. The highest BCUT2D eigenvalue weighted by Crippen LogP contribution is 2.30. The maximum atomic E-state index is 5.57. The Morgan fingerprint density at radius 1 is 1.07 bits per heavy atom. The standard InChI is InChI=1S/C19H19N5OS2/c1-2-8-16-15(7-1)20-17(27-16)13-26-19-22-21-18(23-9-3-4-10-23)24(19)12-14-6-5-11-25-14/h1-2,5-8,11H,3-4,9-10,12-13H2. The summed E-state index contributed by atoms with van der Waals surface area (Å²) in [5.74, 6) is 2.64. The Balaban J connectivity index is 1.40. The van der Waals surface area contributed by atoms with Gasteiger partial charge in [-0.1, -0.05) is 23.9 Å². The first-order valence-corrected chi connectivity index (χ1v) is 10.8. The molecule has 138 valence electrons. The van der Waals surface area contributed by atoms with E-state index >= 15 is 0 Å². The third-order valence-corrected chi connectivity index (χ3v) is 6.84. The number of hydrogen-bond acceptors (Lipinski definition) is 7. The third-order valence-electron chi connectivity index (χ3n) is 4.64. The van der Waals surface area contributed by atoms with Gasteiger partial charge >= 0.3 is 0 Å². The highest BCUT2D eigenvalue weighted by atomic mass is 32.2. The molecular formula is C19H19N5OS2. The number of thioether (sulfide) groups is 1. The van der Waals surface area contributed by atoms with Gasteiger partial charge in [0.2, 0.25) is 5.95 Å². The van der Waals surface area contributed by atoms with Crippen molar-refractivity contribution in [2.45, 2.75) is 30.3 Å². The number of anilines is 1. The van der Waals surface area contributed by atoms with Gasteiger partial charge in [-0.15, -0.1) is 21.5 Å². The van der Waals surface area contributed by atoms with Crippen LogP contribution in [0.2, 0.25) is 0 Å². The second-order valence-corrected chi connectivity index (χ2v) is 8.56. The third kappa shape index (κ3) is 3.46. The van der Waals surface area contributed by atoms with E-state index in [9.17, 15) is 0 Å². The fourth-order valence-electron chi connectivity index (χ4n) is 3.34. The molecule has 3 aromatic heterocycles. The summed E-state index contributed by atoms with van der Waals surface area (Å²) in [6.45, 7) is 2.73. The van der Waals surface area contributed by atoms with Gasteiger partial charge in [0.1, 0.15) is 10.8 Å². The lowest BCUT2D eigenvalue weighted by atomic mass is 10.3. The number of nitrogens with zero attached hydrogens (tertiary/aromatic N) is 5. The van der Waals surface area contributed by atoms with Crippen LogP contribution in [0.1, 0.15) is 23.6 Å². The van der Waals surface area contributed by atoms with Crippen molar-refractivity contribution in [3.05, 3.63) is 53.4 Å². The van der Waals surface area contributed by atoms with Crippen molar-refractivity contribution in [1.82, 2.24) is 19.7 Å². The van der Waals surface area contributed by atoms with Gasteiger partial charge in [-0.05, 0) is 37.1 Å². The topological polar surface area (TPSA) is 60.0 Å². The molecule has 1 aliphatic rings. The van der Waals surface area contributed by atoms with Crippen molar-refractivity contribution in [3.63, 3.8) is 0 Å². The molecule has 1 aromatic carbocycles. The fraction of sp³-hybridized carbons (Fsp3) is 0.316. The summed E-state index contributed by atoms with van der Waals surface area (Å²) >= 11 is 3.43. The lowest BCUT2D eigenvalue weighted by Crippen LogP contribution is -2.22. The van der Waals surface area contributed by atoms with Crippen molar-refractivity contribution in [2.75, 3.05) is 18.0 Å². The molecule has 0 bridgehead atoms. The van der Waals surface area contributed by atoms with Crippen LogP contribution in [0.3, 0.4) is 0 Å². The van der Waals surface area contributed by atoms with Crippen molar-refractivity contribution < 1.29 is 4.42 Å². The molecule has 1 aliphatic heterocycles. The normalized spacial score (nSPS) is 14.4. The van der Waals surface area contributed by atoms with E-state index < -0.39 is 0 Å². The van der Waals surface area contributed by atoms with Gasteiger partial charge in [0.15, 0.2) is 5.16 Å². The SMILES string of the molecule is c1coc(Cn2c(SCc3nc4ccccc4s3)nnc2N2CCCC2)c1. The Kier molecular flexibility index (Phi) is 4.59. The Labute approximate surface area is 165 Å². The van der Waals surface area contributed by atoms with Crippen LogP contribution in [0.5, 0.6) is 0 Å². The Hall–Kier alpha value is -2.32. The molecule has 4 heterocycles. The smallest absolute Gasteiger partial charge is 0.228 e. The lowest BCUT2D eigenvalue weighted by molar-refractivity contribution is 0.483. The van der Waals surface area contributed by atoms with E-state index in [1.807, 2.05) is 18.2 Å². The second kappa shape index (κ2) is 7.36. The maximum absolute atomic E-state index is 5.57. The molecule has 1 fully saturated rings. The van der Waals surface area contributed by atoms with Crippen molar-refractivity contribution in [3.8, 4) is 0 Å². The Bertz CT molecular complexity index is 1000. The number of aromatic nitrogens is 4. The van der Waals surface area contributed by atoms with Gasteiger partial charge in [0.25, 0.3) is 0 Å². The summed E-state index contributed by atoms with van der Waals surface area (Å²) in [6.07, 6.45) is 4.13. The summed E-state index contributed by atoms with van der Waals surface area (Å²) in [7, 11) is 0. The van der Waals surface area contributed by atoms with E-state index in [0.29, 0.717) is 6.54 Å². The minimum Gasteiger partial charge on any atom is -0.467 e. The number of benzene rings is 1. The molecule has 4 aromatic rings. The molecule has 0 saturated carbocycles. The van der Waals surface area contributed by atoms with E-state index in [4.69, 9.17) is 9.40 Å². The molecule has 0 unspecified atom stereocenters. The molecule has 27 heavy (non-hydrogen) atoms. The molecule has 0 spiro atoms. The fourth-order valence-corrected chi connectivity index (χ4v) is 5.24. The monoisotopic (exact) mass is 397 g/mol. The zero-order valence-corrected chi connectivity index (χ0v) is 16.4. The van der Waals surface area contributed by atoms with Gasteiger partial charge in [0, 0.05) is 13.1 Å². The van der Waals surface area contributed by atoms with Gasteiger partial charge in [-0.25, -0.2) is 4.98 Å². The first kappa shape index (κ1) is 16.8. The predicted molar refractivity (Wildman–Crippen MR) is 108 cm³/mol. The van der Waals surface area contributed by atoms with Crippen molar-refractivity contribution >= 4 is 39.3 Å². The number of fused-ring (bicyclic) bond motifs is 1. The second-order valence-electron chi connectivity index (χ2n) is 6.51. The summed E-state index contributed by atoms with van der Waals surface area (Å²) in [5.41, 5.74) is 1.06.